The Labute approximate surface area is 95.0 Å². The van der Waals surface area contributed by atoms with Crippen LogP contribution in [0.1, 0.15) is 17.3 Å². The number of imidazole rings is 1. The monoisotopic (exact) mass is 268 g/mol. The van der Waals surface area contributed by atoms with E-state index in [0.717, 1.165) is 10.1 Å². The van der Waals surface area contributed by atoms with Crippen molar-refractivity contribution >= 4 is 27.5 Å². The standard InChI is InChI=1S/C10H9BrN2O2/c1-2-15-10(14)7-5-8(11)9-12-3-4-13(9)6-7/h3-6H,2H2,1H3. The van der Waals surface area contributed by atoms with Gasteiger partial charge in [0.15, 0.2) is 5.65 Å². The number of pyridine rings is 1. The highest BCUT2D eigenvalue weighted by Crippen LogP contribution is 2.18. The van der Waals surface area contributed by atoms with Gasteiger partial charge < -0.3 is 9.14 Å². The summed E-state index contributed by atoms with van der Waals surface area (Å²) in [6.07, 6.45) is 5.16. The summed E-state index contributed by atoms with van der Waals surface area (Å²) >= 11 is 3.36. The molecule has 0 saturated carbocycles. The summed E-state index contributed by atoms with van der Waals surface area (Å²) in [5.41, 5.74) is 1.29. The average molecular weight is 269 g/mol. The normalized spacial score (nSPS) is 10.5. The summed E-state index contributed by atoms with van der Waals surface area (Å²) in [7, 11) is 0. The largest absolute Gasteiger partial charge is 0.462 e. The van der Waals surface area contributed by atoms with Crippen molar-refractivity contribution in [2.75, 3.05) is 6.61 Å². The van der Waals surface area contributed by atoms with E-state index in [9.17, 15) is 4.79 Å². The number of nitrogens with zero attached hydrogens (tertiary/aromatic N) is 2. The minimum atomic E-state index is -0.325. The van der Waals surface area contributed by atoms with Crippen LogP contribution < -0.4 is 0 Å². The van der Waals surface area contributed by atoms with Crippen molar-refractivity contribution in [1.82, 2.24) is 9.38 Å². The molecule has 0 atom stereocenters. The Morgan fingerprint density at radius 1 is 1.67 bits per heavy atom. The zero-order valence-electron chi connectivity index (χ0n) is 8.11. The Morgan fingerprint density at radius 3 is 3.20 bits per heavy atom. The third-order valence-corrected chi connectivity index (χ3v) is 2.54. The molecule has 2 heterocycles. The first kappa shape index (κ1) is 10.2. The summed E-state index contributed by atoms with van der Waals surface area (Å²) in [6, 6.07) is 1.71. The van der Waals surface area contributed by atoms with Crippen molar-refractivity contribution < 1.29 is 9.53 Å². The van der Waals surface area contributed by atoms with Crippen LogP contribution in [-0.2, 0) is 4.74 Å². The van der Waals surface area contributed by atoms with E-state index in [1.165, 1.54) is 0 Å². The maximum Gasteiger partial charge on any atom is 0.339 e. The van der Waals surface area contributed by atoms with Crippen LogP contribution in [0, 0.1) is 0 Å². The Hall–Kier alpha value is -1.36. The molecule has 0 amide bonds. The van der Waals surface area contributed by atoms with Crippen LogP contribution in [0.5, 0.6) is 0 Å². The minimum absolute atomic E-state index is 0.325. The van der Waals surface area contributed by atoms with E-state index in [2.05, 4.69) is 20.9 Å². The van der Waals surface area contributed by atoms with Gasteiger partial charge in [-0.05, 0) is 28.9 Å². The van der Waals surface area contributed by atoms with E-state index >= 15 is 0 Å². The van der Waals surface area contributed by atoms with Crippen LogP contribution in [0.2, 0.25) is 0 Å². The fourth-order valence-electron chi connectivity index (χ4n) is 1.32. The number of ether oxygens (including phenoxy) is 1. The van der Waals surface area contributed by atoms with Gasteiger partial charge in [0.05, 0.1) is 16.6 Å². The topological polar surface area (TPSA) is 43.6 Å². The number of carbonyl (C=O) groups is 1. The molecule has 0 radical (unpaired) electrons. The Balaban J connectivity index is 2.49. The van der Waals surface area contributed by atoms with E-state index in [1.54, 1.807) is 36.0 Å². The first-order valence-electron chi connectivity index (χ1n) is 4.51. The average Bonchev–Trinajstić information content (AvgIpc) is 2.66. The number of aromatic nitrogens is 2. The number of fused-ring (bicyclic) bond motifs is 1. The van der Waals surface area contributed by atoms with Gasteiger partial charge in [-0.15, -0.1) is 0 Å². The molecule has 0 N–H and O–H groups in total. The van der Waals surface area contributed by atoms with Crippen molar-refractivity contribution in [1.29, 1.82) is 0 Å². The van der Waals surface area contributed by atoms with Gasteiger partial charge in [-0.2, -0.15) is 0 Å². The van der Waals surface area contributed by atoms with E-state index < -0.39 is 0 Å². The Kier molecular flexibility index (Phi) is 2.73. The molecule has 5 heteroatoms. The molecule has 0 bridgehead atoms. The molecule has 0 aliphatic carbocycles. The van der Waals surface area contributed by atoms with E-state index in [1.807, 2.05) is 0 Å². The molecule has 78 valence electrons. The van der Waals surface area contributed by atoms with Crippen molar-refractivity contribution in [2.24, 2.45) is 0 Å². The van der Waals surface area contributed by atoms with Crippen molar-refractivity contribution in [3.05, 3.63) is 34.7 Å². The summed E-state index contributed by atoms with van der Waals surface area (Å²) in [6.45, 7) is 2.15. The molecule has 0 aliphatic rings. The first-order valence-corrected chi connectivity index (χ1v) is 5.31. The zero-order valence-corrected chi connectivity index (χ0v) is 9.69. The maximum absolute atomic E-state index is 11.5. The molecule has 0 aromatic carbocycles. The molecule has 0 unspecified atom stereocenters. The van der Waals surface area contributed by atoms with Gasteiger partial charge in [0.2, 0.25) is 0 Å². The second-order valence-electron chi connectivity index (χ2n) is 2.96. The lowest BCUT2D eigenvalue weighted by atomic mass is 10.3. The van der Waals surface area contributed by atoms with Gasteiger partial charge in [0, 0.05) is 18.6 Å². The minimum Gasteiger partial charge on any atom is -0.462 e. The summed E-state index contributed by atoms with van der Waals surface area (Å²) < 4.78 is 7.47. The zero-order chi connectivity index (χ0) is 10.8. The van der Waals surface area contributed by atoms with Gasteiger partial charge >= 0.3 is 5.97 Å². The van der Waals surface area contributed by atoms with Crippen LogP contribution in [0.3, 0.4) is 0 Å². The van der Waals surface area contributed by atoms with Crippen LogP contribution in [-0.4, -0.2) is 22.0 Å². The maximum atomic E-state index is 11.5. The van der Waals surface area contributed by atoms with Crippen LogP contribution >= 0.6 is 15.9 Å². The molecule has 2 aromatic heterocycles. The highest BCUT2D eigenvalue weighted by Gasteiger charge is 2.10. The molecule has 4 nitrogen and oxygen atoms in total. The molecule has 0 spiro atoms. The van der Waals surface area contributed by atoms with Gasteiger partial charge in [0.1, 0.15) is 0 Å². The number of esters is 1. The van der Waals surface area contributed by atoms with Crippen LogP contribution in [0.15, 0.2) is 29.1 Å². The molecule has 15 heavy (non-hydrogen) atoms. The molecule has 2 rings (SSSR count). The summed E-state index contributed by atoms with van der Waals surface area (Å²) in [5, 5.41) is 0. The quantitative estimate of drug-likeness (QED) is 0.785. The highest BCUT2D eigenvalue weighted by atomic mass is 79.9. The first-order chi connectivity index (χ1) is 7.22. The third-order valence-electron chi connectivity index (χ3n) is 1.95. The van der Waals surface area contributed by atoms with Gasteiger partial charge in [-0.3, -0.25) is 0 Å². The van der Waals surface area contributed by atoms with Crippen molar-refractivity contribution in [3.63, 3.8) is 0 Å². The molecule has 0 fully saturated rings. The fraction of sp³-hybridized carbons (Fsp3) is 0.200. The molecule has 0 saturated heterocycles. The highest BCUT2D eigenvalue weighted by molar-refractivity contribution is 9.10. The lowest BCUT2D eigenvalue weighted by molar-refractivity contribution is 0.0525. The lowest BCUT2D eigenvalue weighted by Gasteiger charge is -2.03. The van der Waals surface area contributed by atoms with Crippen LogP contribution in [0.4, 0.5) is 0 Å². The number of hydrogen-bond donors (Lipinski definition) is 0. The lowest BCUT2D eigenvalue weighted by Crippen LogP contribution is -2.06. The molecular weight excluding hydrogens is 260 g/mol. The SMILES string of the molecule is CCOC(=O)c1cc(Br)c2nccn2c1. The van der Waals surface area contributed by atoms with E-state index in [0.29, 0.717) is 12.2 Å². The number of rotatable bonds is 2. The number of hydrogen-bond acceptors (Lipinski definition) is 3. The van der Waals surface area contributed by atoms with Gasteiger partial charge in [-0.1, -0.05) is 0 Å². The second kappa shape index (κ2) is 4.02. The predicted molar refractivity (Wildman–Crippen MR) is 58.8 cm³/mol. The van der Waals surface area contributed by atoms with Crippen molar-refractivity contribution in [3.8, 4) is 0 Å². The molecular formula is C10H9BrN2O2. The van der Waals surface area contributed by atoms with Crippen LogP contribution in [0.25, 0.3) is 5.65 Å². The molecule has 2 aromatic rings. The summed E-state index contributed by atoms with van der Waals surface area (Å²) in [4.78, 5) is 15.6. The predicted octanol–water partition coefficient (Wildman–Crippen LogP) is 2.27. The number of carbonyl (C=O) groups excluding carboxylic acids is 1. The Bertz CT molecular complexity index is 507. The summed E-state index contributed by atoms with van der Waals surface area (Å²) in [5.74, 6) is -0.325. The smallest absolute Gasteiger partial charge is 0.339 e. The molecule has 0 aliphatic heterocycles. The fourth-order valence-corrected chi connectivity index (χ4v) is 1.87. The van der Waals surface area contributed by atoms with Gasteiger partial charge in [0.25, 0.3) is 0 Å². The van der Waals surface area contributed by atoms with Gasteiger partial charge in [-0.25, -0.2) is 9.78 Å². The third kappa shape index (κ3) is 1.87. The van der Waals surface area contributed by atoms with E-state index in [4.69, 9.17) is 4.74 Å². The Morgan fingerprint density at radius 2 is 2.47 bits per heavy atom. The second-order valence-corrected chi connectivity index (χ2v) is 3.81. The van der Waals surface area contributed by atoms with Crippen molar-refractivity contribution in [2.45, 2.75) is 6.92 Å². The van der Waals surface area contributed by atoms with E-state index in [-0.39, 0.29) is 5.97 Å². The number of halogens is 1.